The van der Waals surface area contributed by atoms with E-state index in [9.17, 15) is 10.1 Å². The minimum atomic E-state index is -0.429. The molecule has 120 valence electrons. The van der Waals surface area contributed by atoms with Crippen molar-refractivity contribution in [2.24, 2.45) is 5.10 Å². The Morgan fingerprint density at radius 3 is 2.67 bits per heavy atom. The number of benzene rings is 2. The molecule has 0 unspecified atom stereocenters. The molecule has 0 aliphatic carbocycles. The maximum atomic E-state index is 10.7. The molecule has 0 fully saturated rings. The lowest BCUT2D eigenvalue weighted by Crippen LogP contribution is -1.91. The van der Waals surface area contributed by atoms with Crippen LogP contribution in [0.4, 0.5) is 10.8 Å². The second-order valence-corrected chi connectivity index (χ2v) is 6.00. The molecular weight excluding hydrogens is 348 g/mol. The summed E-state index contributed by atoms with van der Waals surface area (Å²) >= 11 is 7.44. The zero-order valence-electron chi connectivity index (χ0n) is 12.2. The summed E-state index contributed by atoms with van der Waals surface area (Å²) in [6.45, 7) is 0. The Hall–Kier alpha value is -2.77. The number of hydrazone groups is 1. The zero-order chi connectivity index (χ0) is 16.9. The lowest BCUT2D eigenvalue weighted by molar-refractivity contribution is -0.384. The van der Waals surface area contributed by atoms with Crippen molar-refractivity contribution in [3.8, 4) is 11.3 Å². The van der Waals surface area contributed by atoms with Crippen LogP contribution in [0.25, 0.3) is 11.3 Å². The predicted molar refractivity (Wildman–Crippen MR) is 96.9 cm³/mol. The number of hydrogen-bond donors (Lipinski definition) is 1. The molecule has 1 aromatic heterocycles. The van der Waals surface area contributed by atoms with Gasteiger partial charge < -0.3 is 0 Å². The van der Waals surface area contributed by atoms with E-state index in [0.29, 0.717) is 10.2 Å². The van der Waals surface area contributed by atoms with E-state index in [4.69, 9.17) is 11.6 Å². The van der Waals surface area contributed by atoms with Gasteiger partial charge in [-0.3, -0.25) is 15.5 Å². The van der Waals surface area contributed by atoms with Crippen LogP contribution >= 0.6 is 22.9 Å². The summed E-state index contributed by atoms with van der Waals surface area (Å²) in [6, 6.07) is 13.6. The van der Waals surface area contributed by atoms with Crippen LogP contribution in [-0.2, 0) is 0 Å². The van der Waals surface area contributed by atoms with Gasteiger partial charge in [-0.1, -0.05) is 29.8 Å². The first kappa shape index (κ1) is 16.1. The summed E-state index contributed by atoms with van der Waals surface area (Å²) in [4.78, 5) is 14.6. The minimum Gasteiger partial charge on any atom is -0.258 e. The van der Waals surface area contributed by atoms with Crippen molar-refractivity contribution in [2.45, 2.75) is 0 Å². The summed E-state index contributed by atoms with van der Waals surface area (Å²) in [7, 11) is 0. The lowest BCUT2D eigenvalue weighted by Gasteiger charge is -1.97. The Labute approximate surface area is 146 Å². The van der Waals surface area contributed by atoms with E-state index in [1.54, 1.807) is 24.4 Å². The van der Waals surface area contributed by atoms with E-state index in [-0.39, 0.29) is 5.69 Å². The standard InChI is InChI=1S/C16H11ClN4O2S/c17-14-4-2-1-3-12(14)9-18-20-16-19-15(10-24-16)11-5-7-13(8-6-11)21(22)23/h1-10H,(H,19,20)/b18-9+. The molecule has 0 amide bonds. The fraction of sp³-hybridized carbons (Fsp3) is 0. The second kappa shape index (κ2) is 7.20. The number of halogens is 1. The molecule has 3 aromatic rings. The van der Waals surface area contributed by atoms with Crippen molar-refractivity contribution in [3.05, 3.63) is 74.6 Å². The van der Waals surface area contributed by atoms with Crippen LogP contribution in [0.3, 0.4) is 0 Å². The van der Waals surface area contributed by atoms with E-state index in [0.717, 1.165) is 16.8 Å². The van der Waals surface area contributed by atoms with E-state index in [1.807, 2.05) is 23.6 Å². The average molecular weight is 359 g/mol. The molecule has 2 aromatic carbocycles. The maximum Gasteiger partial charge on any atom is 0.269 e. The summed E-state index contributed by atoms with van der Waals surface area (Å²) in [5.41, 5.74) is 5.24. The van der Waals surface area contributed by atoms with E-state index < -0.39 is 4.92 Å². The fourth-order valence-corrected chi connectivity index (χ4v) is 2.80. The SMILES string of the molecule is O=[N+]([O-])c1ccc(-c2csc(N/N=C/c3ccccc3Cl)n2)cc1. The van der Waals surface area contributed by atoms with Crippen molar-refractivity contribution >= 4 is 40.0 Å². The molecule has 0 aliphatic rings. The van der Waals surface area contributed by atoms with Crippen LogP contribution in [0.2, 0.25) is 5.02 Å². The van der Waals surface area contributed by atoms with Gasteiger partial charge in [-0.15, -0.1) is 11.3 Å². The Balaban J connectivity index is 1.69. The fourth-order valence-electron chi connectivity index (χ4n) is 1.95. The molecule has 0 spiro atoms. The molecular formula is C16H11ClN4O2S. The van der Waals surface area contributed by atoms with Gasteiger partial charge in [0.05, 0.1) is 16.8 Å². The Morgan fingerprint density at radius 1 is 1.21 bits per heavy atom. The number of nitro groups is 1. The first-order valence-corrected chi connectivity index (χ1v) is 8.13. The Bertz CT molecular complexity index is 893. The third-order valence-corrected chi connectivity index (χ3v) is 4.24. The van der Waals surface area contributed by atoms with Crippen LogP contribution in [-0.4, -0.2) is 16.1 Å². The summed E-state index contributed by atoms with van der Waals surface area (Å²) in [6.07, 6.45) is 1.62. The molecule has 0 atom stereocenters. The molecule has 24 heavy (non-hydrogen) atoms. The first-order chi connectivity index (χ1) is 11.6. The molecule has 8 heteroatoms. The van der Waals surface area contributed by atoms with E-state index in [1.165, 1.54) is 23.5 Å². The smallest absolute Gasteiger partial charge is 0.258 e. The van der Waals surface area contributed by atoms with Crippen LogP contribution in [0.5, 0.6) is 0 Å². The normalized spacial score (nSPS) is 10.9. The van der Waals surface area contributed by atoms with Crippen molar-refractivity contribution in [1.29, 1.82) is 0 Å². The van der Waals surface area contributed by atoms with Crippen molar-refractivity contribution in [2.75, 3.05) is 5.43 Å². The number of nitrogens with one attached hydrogen (secondary N) is 1. The summed E-state index contributed by atoms with van der Waals surface area (Å²) in [5.74, 6) is 0. The van der Waals surface area contributed by atoms with Gasteiger partial charge in [0.25, 0.3) is 5.69 Å². The number of nitro benzene ring substituents is 1. The van der Waals surface area contributed by atoms with Gasteiger partial charge in [-0.2, -0.15) is 5.10 Å². The van der Waals surface area contributed by atoms with Crippen LogP contribution < -0.4 is 5.43 Å². The monoisotopic (exact) mass is 358 g/mol. The second-order valence-electron chi connectivity index (χ2n) is 4.73. The average Bonchev–Trinajstić information content (AvgIpc) is 3.05. The quantitative estimate of drug-likeness (QED) is 0.403. The predicted octanol–water partition coefficient (Wildman–Crippen LogP) is 4.82. The van der Waals surface area contributed by atoms with Crippen LogP contribution in [0.1, 0.15) is 5.56 Å². The Kier molecular flexibility index (Phi) is 4.83. The highest BCUT2D eigenvalue weighted by molar-refractivity contribution is 7.14. The van der Waals surface area contributed by atoms with Gasteiger partial charge in [-0.05, 0) is 18.2 Å². The van der Waals surface area contributed by atoms with Gasteiger partial charge >= 0.3 is 0 Å². The number of thiazole rings is 1. The third-order valence-electron chi connectivity index (χ3n) is 3.15. The number of rotatable bonds is 5. The van der Waals surface area contributed by atoms with Crippen LogP contribution in [0, 0.1) is 10.1 Å². The van der Waals surface area contributed by atoms with E-state index in [2.05, 4.69) is 15.5 Å². The molecule has 3 rings (SSSR count). The maximum absolute atomic E-state index is 10.7. The van der Waals surface area contributed by atoms with Gasteiger partial charge in [0.1, 0.15) is 0 Å². The molecule has 1 heterocycles. The minimum absolute atomic E-state index is 0.0525. The summed E-state index contributed by atoms with van der Waals surface area (Å²) in [5, 5.41) is 17.9. The van der Waals surface area contributed by atoms with E-state index >= 15 is 0 Å². The van der Waals surface area contributed by atoms with Crippen molar-refractivity contribution in [1.82, 2.24) is 4.98 Å². The number of hydrogen-bond acceptors (Lipinski definition) is 6. The highest BCUT2D eigenvalue weighted by Crippen LogP contribution is 2.26. The molecule has 0 saturated carbocycles. The molecule has 1 N–H and O–H groups in total. The number of nitrogens with zero attached hydrogens (tertiary/aromatic N) is 3. The Morgan fingerprint density at radius 2 is 1.96 bits per heavy atom. The topological polar surface area (TPSA) is 80.4 Å². The number of non-ortho nitro benzene ring substituents is 1. The third kappa shape index (κ3) is 3.76. The van der Waals surface area contributed by atoms with Gasteiger partial charge in [-0.25, -0.2) is 4.98 Å². The number of anilines is 1. The van der Waals surface area contributed by atoms with Crippen molar-refractivity contribution < 1.29 is 4.92 Å². The first-order valence-electron chi connectivity index (χ1n) is 6.87. The molecule has 0 bridgehead atoms. The molecule has 6 nitrogen and oxygen atoms in total. The molecule has 0 saturated heterocycles. The summed E-state index contributed by atoms with van der Waals surface area (Å²) < 4.78 is 0. The van der Waals surface area contributed by atoms with Crippen molar-refractivity contribution in [3.63, 3.8) is 0 Å². The molecule has 0 radical (unpaired) electrons. The van der Waals surface area contributed by atoms with Gasteiger partial charge in [0.2, 0.25) is 5.13 Å². The lowest BCUT2D eigenvalue weighted by atomic mass is 10.1. The van der Waals surface area contributed by atoms with Gasteiger partial charge in [0.15, 0.2) is 0 Å². The largest absolute Gasteiger partial charge is 0.269 e. The van der Waals surface area contributed by atoms with Gasteiger partial charge in [0, 0.05) is 33.7 Å². The zero-order valence-corrected chi connectivity index (χ0v) is 13.8. The highest BCUT2D eigenvalue weighted by atomic mass is 35.5. The highest BCUT2D eigenvalue weighted by Gasteiger charge is 2.08. The van der Waals surface area contributed by atoms with Crippen LogP contribution in [0.15, 0.2) is 59.0 Å². The molecule has 0 aliphatic heterocycles. The number of aromatic nitrogens is 1.